The molecule has 0 aliphatic carbocycles. The molecule has 4 heteroatoms. The van der Waals surface area contributed by atoms with Crippen LogP contribution in [0.15, 0.2) is 12.1 Å². The second-order valence-electron chi connectivity index (χ2n) is 3.01. The Hall–Kier alpha value is -1.22. The lowest BCUT2D eigenvalue weighted by Gasteiger charge is -2.20. The molecule has 0 spiro atoms. The van der Waals surface area contributed by atoms with Gasteiger partial charge in [-0.05, 0) is 19.1 Å². The van der Waals surface area contributed by atoms with Crippen molar-refractivity contribution in [3.05, 3.63) is 22.7 Å². The summed E-state index contributed by atoms with van der Waals surface area (Å²) < 4.78 is 10.7. The summed E-state index contributed by atoms with van der Waals surface area (Å²) in [5, 5.41) is 0.342. The number of ketones is 1. The molecular weight excluding hydrogens is 204 g/mol. The molecule has 1 aromatic rings. The van der Waals surface area contributed by atoms with Crippen LogP contribution in [0.2, 0.25) is 5.02 Å². The Kier molecular flexibility index (Phi) is 2.33. The molecule has 1 aliphatic heterocycles. The highest BCUT2D eigenvalue weighted by molar-refractivity contribution is 6.35. The number of Topliss-reactive ketones (excluding diaryl/α,β-unsaturated/α-hetero) is 1. The van der Waals surface area contributed by atoms with Crippen molar-refractivity contribution >= 4 is 17.4 Å². The van der Waals surface area contributed by atoms with Gasteiger partial charge in [-0.15, -0.1) is 0 Å². The highest BCUT2D eigenvalue weighted by Gasteiger charge is 2.19. The minimum Gasteiger partial charge on any atom is -0.486 e. The third-order valence-corrected chi connectivity index (χ3v) is 2.40. The molecule has 14 heavy (non-hydrogen) atoms. The summed E-state index contributed by atoms with van der Waals surface area (Å²) in [4.78, 5) is 11.2. The van der Waals surface area contributed by atoms with Crippen LogP contribution in [-0.4, -0.2) is 19.0 Å². The summed E-state index contributed by atoms with van der Waals surface area (Å²) in [7, 11) is 0. The van der Waals surface area contributed by atoms with E-state index in [1.165, 1.54) is 6.92 Å². The number of carbonyl (C=O) groups excluding carboxylic acids is 1. The average molecular weight is 213 g/mol. The smallest absolute Gasteiger partial charge is 0.180 e. The van der Waals surface area contributed by atoms with E-state index in [0.717, 1.165) is 0 Å². The fourth-order valence-electron chi connectivity index (χ4n) is 1.35. The first-order valence-electron chi connectivity index (χ1n) is 4.29. The van der Waals surface area contributed by atoms with E-state index in [1.54, 1.807) is 12.1 Å². The van der Waals surface area contributed by atoms with E-state index in [-0.39, 0.29) is 5.78 Å². The average Bonchev–Trinajstić information content (AvgIpc) is 2.18. The fourth-order valence-corrected chi connectivity index (χ4v) is 1.70. The molecule has 0 unspecified atom stereocenters. The van der Waals surface area contributed by atoms with Crippen LogP contribution in [0.1, 0.15) is 17.3 Å². The van der Waals surface area contributed by atoms with E-state index in [9.17, 15) is 4.79 Å². The molecule has 0 aromatic heterocycles. The molecule has 74 valence electrons. The first-order valence-corrected chi connectivity index (χ1v) is 4.67. The Morgan fingerprint density at radius 1 is 1.36 bits per heavy atom. The number of benzene rings is 1. The first-order chi connectivity index (χ1) is 6.70. The Bertz CT molecular complexity index is 387. The Morgan fingerprint density at radius 2 is 2.07 bits per heavy atom. The van der Waals surface area contributed by atoms with Crippen molar-refractivity contribution in [2.75, 3.05) is 13.2 Å². The molecule has 0 radical (unpaired) electrons. The molecule has 1 heterocycles. The lowest BCUT2D eigenvalue weighted by Crippen LogP contribution is -2.16. The molecular formula is C10H9ClO3. The molecule has 0 bridgehead atoms. The van der Waals surface area contributed by atoms with E-state index in [0.29, 0.717) is 35.3 Å². The predicted octanol–water partition coefficient (Wildman–Crippen LogP) is 2.31. The Morgan fingerprint density at radius 3 is 2.79 bits per heavy atom. The SMILES string of the molecule is CC(=O)c1ccc2c(c1Cl)OCCO2. The Labute approximate surface area is 86.6 Å². The molecule has 0 saturated carbocycles. The summed E-state index contributed by atoms with van der Waals surface area (Å²) in [6, 6.07) is 3.36. The number of halogens is 1. The molecule has 1 aliphatic rings. The number of ether oxygens (including phenoxy) is 2. The topological polar surface area (TPSA) is 35.5 Å². The summed E-state index contributed by atoms with van der Waals surface area (Å²) >= 11 is 6.00. The van der Waals surface area contributed by atoms with E-state index in [1.807, 2.05) is 0 Å². The molecule has 3 nitrogen and oxygen atoms in total. The monoisotopic (exact) mass is 212 g/mol. The van der Waals surface area contributed by atoms with Crippen molar-refractivity contribution in [3.63, 3.8) is 0 Å². The van der Waals surface area contributed by atoms with Crippen LogP contribution in [0, 0.1) is 0 Å². The third-order valence-electron chi connectivity index (χ3n) is 2.03. The van der Waals surface area contributed by atoms with Gasteiger partial charge in [0.05, 0.1) is 5.02 Å². The van der Waals surface area contributed by atoms with Gasteiger partial charge in [-0.3, -0.25) is 4.79 Å². The molecule has 2 rings (SSSR count). The van der Waals surface area contributed by atoms with Crippen molar-refractivity contribution in [2.24, 2.45) is 0 Å². The number of fused-ring (bicyclic) bond motifs is 1. The maximum absolute atomic E-state index is 11.2. The highest BCUT2D eigenvalue weighted by atomic mass is 35.5. The lowest BCUT2D eigenvalue weighted by atomic mass is 10.1. The van der Waals surface area contributed by atoms with E-state index in [2.05, 4.69) is 0 Å². The standard InChI is InChI=1S/C10H9ClO3/c1-6(12)7-2-3-8-10(9(7)11)14-5-4-13-8/h2-3H,4-5H2,1H3. The zero-order chi connectivity index (χ0) is 10.1. The summed E-state index contributed by atoms with van der Waals surface area (Å²) in [5.41, 5.74) is 0.468. The quantitative estimate of drug-likeness (QED) is 0.671. The van der Waals surface area contributed by atoms with Gasteiger partial charge in [0, 0.05) is 5.56 Å². The van der Waals surface area contributed by atoms with Crippen molar-refractivity contribution in [3.8, 4) is 11.5 Å². The summed E-state index contributed by atoms with van der Waals surface area (Å²) in [6.07, 6.45) is 0. The lowest BCUT2D eigenvalue weighted by molar-refractivity contribution is 0.101. The van der Waals surface area contributed by atoms with Crippen molar-refractivity contribution in [1.29, 1.82) is 0 Å². The predicted molar refractivity (Wildman–Crippen MR) is 52.4 cm³/mol. The molecule has 0 amide bonds. The second kappa shape index (κ2) is 3.50. The minimum absolute atomic E-state index is 0.0769. The Balaban J connectivity index is 2.54. The van der Waals surface area contributed by atoms with Gasteiger partial charge in [-0.25, -0.2) is 0 Å². The van der Waals surface area contributed by atoms with E-state index >= 15 is 0 Å². The summed E-state index contributed by atoms with van der Waals surface area (Å²) in [5.74, 6) is 1.00. The van der Waals surface area contributed by atoms with E-state index in [4.69, 9.17) is 21.1 Å². The number of hydrogen-bond donors (Lipinski definition) is 0. The zero-order valence-electron chi connectivity index (χ0n) is 7.67. The van der Waals surface area contributed by atoms with Gasteiger partial charge in [-0.1, -0.05) is 11.6 Å². The van der Waals surface area contributed by atoms with Crippen LogP contribution in [0.5, 0.6) is 11.5 Å². The number of hydrogen-bond acceptors (Lipinski definition) is 3. The van der Waals surface area contributed by atoms with Crippen molar-refractivity contribution in [1.82, 2.24) is 0 Å². The molecule has 0 atom stereocenters. The van der Waals surface area contributed by atoms with Crippen LogP contribution in [0.3, 0.4) is 0 Å². The normalized spacial score (nSPS) is 13.9. The van der Waals surface area contributed by atoms with E-state index < -0.39 is 0 Å². The zero-order valence-corrected chi connectivity index (χ0v) is 8.43. The van der Waals surface area contributed by atoms with Gasteiger partial charge in [0.2, 0.25) is 0 Å². The van der Waals surface area contributed by atoms with Gasteiger partial charge in [-0.2, -0.15) is 0 Å². The van der Waals surface area contributed by atoms with Gasteiger partial charge in [0.1, 0.15) is 13.2 Å². The molecule has 0 saturated heterocycles. The minimum atomic E-state index is -0.0769. The fraction of sp³-hybridized carbons (Fsp3) is 0.300. The van der Waals surface area contributed by atoms with Crippen LogP contribution < -0.4 is 9.47 Å². The summed E-state index contributed by atoms with van der Waals surface area (Å²) in [6.45, 7) is 2.45. The third kappa shape index (κ3) is 1.44. The first kappa shape index (κ1) is 9.34. The largest absolute Gasteiger partial charge is 0.486 e. The number of rotatable bonds is 1. The number of carbonyl (C=O) groups is 1. The van der Waals surface area contributed by atoms with Gasteiger partial charge in [0.25, 0.3) is 0 Å². The highest BCUT2D eigenvalue weighted by Crippen LogP contribution is 2.39. The second-order valence-corrected chi connectivity index (χ2v) is 3.39. The molecule has 0 fully saturated rings. The van der Waals surface area contributed by atoms with Crippen LogP contribution in [-0.2, 0) is 0 Å². The molecule has 1 aromatic carbocycles. The maximum atomic E-state index is 11.2. The van der Waals surface area contributed by atoms with Crippen LogP contribution >= 0.6 is 11.6 Å². The van der Waals surface area contributed by atoms with Gasteiger partial charge >= 0.3 is 0 Å². The maximum Gasteiger partial charge on any atom is 0.180 e. The van der Waals surface area contributed by atoms with Crippen molar-refractivity contribution < 1.29 is 14.3 Å². The van der Waals surface area contributed by atoms with Crippen LogP contribution in [0.4, 0.5) is 0 Å². The molecule has 0 N–H and O–H groups in total. The van der Waals surface area contributed by atoms with Crippen LogP contribution in [0.25, 0.3) is 0 Å². The van der Waals surface area contributed by atoms with Crippen molar-refractivity contribution in [2.45, 2.75) is 6.92 Å². The van der Waals surface area contributed by atoms with Gasteiger partial charge < -0.3 is 9.47 Å². The van der Waals surface area contributed by atoms with Gasteiger partial charge in [0.15, 0.2) is 17.3 Å².